The number of nitrogen functional groups attached to an aromatic ring is 1. The average Bonchev–Trinajstić information content (AvgIpc) is 3.33. The first-order valence-corrected chi connectivity index (χ1v) is 9.56. The van der Waals surface area contributed by atoms with Gasteiger partial charge in [-0.15, -0.1) is 11.3 Å². The van der Waals surface area contributed by atoms with Gasteiger partial charge in [0.25, 0.3) is 5.91 Å². The molecule has 27 heavy (non-hydrogen) atoms. The van der Waals surface area contributed by atoms with Gasteiger partial charge >= 0.3 is 0 Å². The molecule has 5 rings (SSSR count). The van der Waals surface area contributed by atoms with Crippen LogP contribution in [0.3, 0.4) is 0 Å². The third-order valence-electron chi connectivity index (χ3n) is 4.82. The van der Waals surface area contributed by atoms with Gasteiger partial charge in [-0.3, -0.25) is 4.79 Å². The number of para-hydroxylation sites is 1. The van der Waals surface area contributed by atoms with Crippen molar-refractivity contribution < 1.29 is 4.79 Å². The summed E-state index contributed by atoms with van der Waals surface area (Å²) in [5.41, 5.74) is 9.95. The number of hydrogen-bond acceptors (Lipinski definition) is 7. The number of benzene rings is 1. The van der Waals surface area contributed by atoms with E-state index in [2.05, 4.69) is 24.8 Å². The van der Waals surface area contributed by atoms with Crippen LogP contribution in [0.25, 0.3) is 21.3 Å². The Morgan fingerprint density at radius 1 is 1.15 bits per heavy atom. The number of fused-ring (bicyclic) bond motifs is 2. The van der Waals surface area contributed by atoms with Crippen LogP contribution in [0.15, 0.2) is 35.8 Å². The molecular weight excluding hydrogens is 362 g/mol. The standard InChI is InChI=1S/C18H17N7OS/c19-18-22-15(14-16(23-18)27-10-20-14)24-5-7-25(8-6-24)17(26)13-9-11-3-1-2-4-12(11)21-13/h1-4,9-10,21H,5-8H2,(H2,19,22,23). The van der Waals surface area contributed by atoms with Crippen molar-refractivity contribution in [2.75, 3.05) is 36.8 Å². The summed E-state index contributed by atoms with van der Waals surface area (Å²) in [5, 5.41) is 1.04. The molecule has 4 aromatic rings. The van der Waals surface area contributed by atoms with E-state index in [-0.39, 0.29) is 11.9 Å². The van der Waals surface area contributed by atoms with Gasteiger partial charge in [0.05, 0.1) is 5.51 Å². The maximum Gasteiger partial charge on any atom is 0.270 e. The highest BCUT2D eigenvalue weighted by Gasteiger charge is 2.25. The molecule has 0 atom stereocenters. The fraction of sp³-hybridized carbons (Fsp3) is 0.222. The number of H-pyrrole nitrogens is 1. The van der Waals surface area contributed by atoms with E-state index in [4.69, 9.17) is 5.73 Å². The molecule has 0 unspecified atom stereocenters. The number of anilines is 2. The maximum absolute atomic E-state index is 12.9. The van der Waals surface area contributed by atoms with Gasteiger partial charge in [0.15, 0.2) is 10.6 Å². The second-order valence-corrected chi connectivity index (χ2v) is 7.29. The fourth-order valence-electron chi connectivity index (χ4n) is 3.46. The quantitative estimate of drug-likeness (QED) is 0.553. The summed E-state index contributed by atoms with van der Waals surface area (Å²) in [6.07, 6.45) is 0. The highest BCUT2D eigenvalue weighted by Crippen LogP contribution is 2.27. The van der Waals surface area contributed by atoms with E-state index in [1.807, 2.05) is 35.2 Å². The van der Waals surface area contributed by atoms with Crippen LogP contribution in [0.2, 0.25) is 0 Å². The molecule has 136 valence electrons. The van der Waals surface area contributed by atoms with E-state index in [1.165, 1.54) is 11.3 Å². The number of piperazine rings is 1. The third kappa shape index (κ3) is 2.76. The Morgan fingerprint density at radius 3 is 2.78 bits per heavy atom. The number of rotatable bonds is 2. The van der Waals surface area contributed by atoms with E-state index in [9.17, 15) is 4.79 Å². The van der Waals surface area contributed by atoms with Gasteiger partial charge in [-0.2, -0.15) is 4.98 Å². The highest BCUT2D eigenvalue weighted by atomic mass is 32.1. The number of carbonyl (C=O) groups excluding carboxylic acids is 1. The zero-order valence-corrected chi connectivity index (χ0v) is 15.2. The number of nitrogens with two attached hydrogens (primary N) is 1. The summed E-state index contributed by atoms with van der Waals surface area (Å²) in [4.78, 5) is 33.8. The number of amides is 1. The number of nitrogens with one attached hydrogen (secondary N) is 1. The lowest BCUT2D eigenvalue weighted by Crippen LogP contribution is -2.49. The Morgan fingerprint density at radius 2 is 1.96 bits per heavy atom. The molecule has 9 heteroatoms. The van der Waals surface area contributed by atoms with Crippen LogP contribution in [-0.4, -0.2) is 56.9 Å². The molecule has 4 heterocycles. The highest BCUT2D eigenvalue weighted by molar-refractivity contribution is 7.16. The first-order chi connectivity index (χ1) is 13.2. The summed E-state index contributed by atoms with van der Waals surface area (Å²) in [6, 6.07) is 9.81. The van der Waals surface area contributed by atoms with Crippen molar-refractivity contribution in [1.82, 2.24) is 24.8 Å². The first-order valence-electron chi connectivity index (χ1n) is 8.68. The van der Waals surface area contributed by atoms with Gasteiger partial charge < -0.3 is 20.5 Å². The first kappa shape index (κ1) is 16.0. The number of carbonyl (C=O) groups is 1. The molecule has 0 radical (unpaired) electrons. The monoisotopic (exact) mass is 379 g/mol. The Kier molecular flexibility index (Phi) is 3.68. The van der Waals surface area contributed by atoms with Crippen molar-refractivity contribution in [2.45, 2.75) is 0 Å². The molecule has 1 amide bonds. The van der Waals surface area contributed by atoms with Crippen molar-refractivity contribution in [3.05, 3.63) is 41.5 Å². The van der Waals surface area contributed by atoms with Crippen LogP contribution in [0.4, 0.5) is 11.8 Å². The van der Waals surface area contributed by atoms with Crippen LogP contribution in [0.1, 0.15) is 10.5 Å². The van der Waals surface area contributed by atoms with E-state index >= 15 is 0 Å². The lowest BCUT2D eigenvalue weighted by atomic mass is 10.2. The molecular formula is C18H17N7OS. The zero-order chi connectivity index (χ0) is 18.4. The fourth-order valence-corrected chi connectivity index (χ4v) is 4.12. The predicted molar refractivity (Wildman–Crippen MR) is 106 cm³/mol. The summed E-state index contributed by atoms with van der Waals surface area (Å²) < 4.78 is 0. The van der Waals surface area contributed by atoms with Crippen LogP contribution in [0, 0.1) is 0 Å². The molecule has 0 aliphatic carbocycles. The minimum atomic E-state index is 0.0202. The second-order valence-electron chi connectivity index (χ2n) is 6.46. The van der Waals surface area contributed by atoms with Crippen LogP contribution in [-0.2, 0) is 0 Å². The topological polar surface area (TPSA) is 104 Å². The van der Waals surface area contributed by atoms with Crippen LogP contribution >= 0.6 is 11.3 Å². The van der Waals surface area contributed by atoms with E-state index in [0.717, 1.165) is 27.1 Å². The molecule has 3 N–H and O–H groups in total. The molecule has 1 fully saturated rings. The predicted octanol–water partition coefficient (Wildman–Crippen LogP) is 2.11. The van der Waals surface area contributed by atoms with Gasteiger partial charge in [-0.25, -0.2) is 9.97 Å². The van der Waals surface area contributed by atoms with E-state index in [0.29, 0.717) is 31.9 Å². The van der Waals surface area contributed by atoms with Crippen LogP contribution in [0.5, 0.6) is 0 Å². The Bertz CT molecular complexity index is 1110. The van der Waals surface area contributed by atoms with Gasteiger partial charge in [0, 0.05) is 37.1 Å². The van der Waals surface area contributed by atoms with Crippen molar-refractivity contribution >= 4 is 50.3 Å². The average molecular weight is 379 g/mol. The normalized spacial score (nSPS) is 15.0. The summed E-state index contributed by atoms with van der Waals surface area (Å²) in [5.74, 6) is 1.02. The molecule has 1 aliphatic heterocycles. The maximum atomic E-state index is 12.9. The lowest BCUT2D eigenvalue weighted by Gasteiger charge is -2.35. The smallest absolute Gasteiger partial charge is 0.270 e. The molecule has 0 spiro atoms. The molecule has 1 aliphatic rings. The van der Waals surface area contributed by atoms with Gasteiger partial charge in [-0.1, -0.05) is 18.2 Å². The summed E-state index contributed by atoms with van der Waals surface area (Å²) in [6.45, 7) is 2.58. The zero-order valence-electron chi connectivity index (χ0n) is 14.4. The Labute approximate surface area is 158 Å². The number of hydrogen-bond donors (Lipinski definition) is 2. The molecule has 0 bridgehead atoms. The van der Waals surface area contributed by atoms with Crippen molar-refractivity contribution in [2.24, 2.45) is 0 Å². The summed E-state index contributed by atoms with van der Waals surface area (Å²) >= 11 is 1.45. The lowest BCUT2D eigenvalue weighted by molar-refractivity contribution is 0.0741. The SMILES string of the molecule is Nc1nc(N2CCN(C(=O)c3cc4ccccc4[nH]3)CC2)c2ncsc2n1. The molecule has 1 aromatic carbocycles. The molecule has 3 aromatic heterocycles. The van der Waals surface area contributed by atoms with Crippen molar-refractivity contribution in [3.63, 3.8) is 0 Å². The molecule has 1 saturated heterocycles. The van der Waals surface area contributed by atoms with Gasteiger partial charge in [0.2, 0.25) is 5.95 Å². The van der Waals surface area contributed by atoms with Crippen molar-refractivity contribution in [3.8, 4) is 0 Å². The molecule has 8 nitrogen and oxygen atoms in total. The summed E-state index contributed by atoms with van der Waals surface area (Å²) in [7, 11) is 0. The number of thiazole rings is 1. The van der Waals surface area contributed by atoms with Crippen LogP contribution < -0.4 is 10.6 Å². The van der Waals surface area contributed by atoms with Crippen molar-refractivity contribution in [1.29, 1.82) is 0 Å². The van der Waals surface area contributed by atoms with Gasteiger partial charge in [0.1, 0.15) is 11.2 Å². The number of aromatic nitrogens is 4. The minimum Gasteiger partial charge on any atom is -0.368 e. The largest absolute Gasteiger partial charge is 0.368 e. The third-order valence-corrected chi connectivity index (χ3v) is 5.54. The molecule has 0 saturated carbocycles. The minimum absolute atomic E-state index is 0.0202. The Hall–Kier alpha value is -3.20. The number of nitrogens with zero attached hydrogens (tertiary/aromatic N) is 5. The van der Waals surface area contributed by atoms with Gasteiger partial charge in [-0.05, 0) is 12.1 Å². The van der Waals surface area contributed by atoms with E-state index in [1.54, 1.807) is 5.51 Å². The second kappa shape index (κ2) is 6.20. The van der Waals surface area contributed by atoms with E-state index < -0.39 is 0 Å². The Balaban J connectivity index is 1.35. The number of aromatic amines is 1.